The predicted octanol–water partition coefficient (Wildman–Crippen LogP) is 5.11. The van der Waals surface area contributed by atoms with Crippen molar-refractivity contribution in [3.63, 3.8) is 0 Å². The Kier molecular flexibility index (Phi) is 7.35. The van der Waals surface area contributed by atoms with Gasteiger partial charge in [0.2, 0.25) is 6.41 Å². The maximum atomic E-state index is 13.1. The van der Waals surface area contributed by atoms with Crippen LogP contribution in [0.2, 0.25) is 0 Å². The zero-order valence-electron chi connectivity index (χ0n) is 20.3. The van der Waals surface area contributed by atoms with Crippen LogP contribution in [0.4, 0.5) is 8.78 Å². The number of aryl methyl sites for hydroxylation is 1. The Hall–Kier alpha value is -3.46. The first-order valence-corrected chi connectivity index (χ1v) is 11.5. The van der Waals surface area contributed by atoms with Crippen molar-refractivity contribution in [1.29, 1.82) is 0 Å². The quantitative estimate of drug-likeness (QED) is 0.459. The van der Waals surface area contributed by atoms with Crippen molar-refractivity contribution in [1.82, 2.24) is 19.3 Å². The molecule has 1 aliphatic rings. The molecule has 4 rings (SSSR count). The molecule has 1 fully saturated rings. The van der Waals surface area contributed by atoms with Gasteiger partial charge in [0.25, 0.3) is 6.43 Å². The summed E-state index contributed by atoms with van der Waals surface area (Å²) in [4.78, 5) is 21.8. The van der Waals surface area contributed by atoms with Gasteiger partial charge in [0.05, 0.1) is 18.0 Å². The molecule has 9 heteroatoms. The van der Waals surface area contributed by atoms with E-state index in [0.29, 0.717) is 36.2 Å². The van der Waals surface area contributed by atoms with E-state index in [1.807, 2.05) is 34.0 Å². The van der Waals surface area contributed by atoms with Crippen LogP contribution in [0.3, 0.4) is 0 Å². The molecule has 0 spiro atoms. The highest BCUT2D eigenvalue weighted by atomic mass is 19.3. The number of halogens is 2. The lowest BCUT2D eigenvalue weighted by atomic mass is 9.90. The molecule has 0 amide bonds. The number of alkyl halides is 2. The summed E-state index contributed by atoms with van der Waals surface area (Å²) in [5, 5.41) is 4.24. The van der Waals surface area contributed by atoms with E-state index in [1.165, 1.54) is 16.7 Å². The SMILES string of the molecule is CC(C)=C(C)N=c1c(-c2ccc(C(F)F)cc2)nc(C2CCOC(c3cnn(C)c3)C2)cn1C=O. The summed E-state index contributed by atoms with van der Waals surface area (Å²) in [6.45, 7) is 6.28. The minimum Gasteiger partial charge on any atom is -0.373 e. The zero-order chi connectivity index (χ0) is 25.1. The normalized spacial score (nSPS) is 18.7. The maximum absolute atomic E-state index is 13.1. The molecule has 35 heavy (non-hydrogen) atoms. The Balaban J connectivity index is 1.83. The Morgan fingerprint density at radius 2 is 1.94 bits per heavy atom. The lowest BCUT2D eigenvalue weighted by Gasteiger charge is -2.29. The average molecular weight is 482 g/mol. The smallest absolute Gasteiger partial charge is 0.263 e. The molecule has 2 aromatic heterocycles. The lowest BCUT2D eigenvalue weighted by molar-refractivity contribution is 0.00454. The number of allylic oxidation sites excluding steroid dienone is 2. The molecule has 0 N–H and O–H groups in total. The third-order valence-corrected chi connectivity index (χ3v) is 6.31. The Bertz CT molecular complexity index is 1300. The van der Waals surface area contributed by atoms with Gasteiger partial charge in [0.15, 0.2) is 5.49 Å². The fourth-order valence-corrected chi connectivity index (χ4v) is 4.08. The average Bonchev–Trinajstić information content (AvgIpc) is 3.30. The fraction of sp³-hybridized carbons (Fsp3) is 0.385. The Labute approximate surface area is 202 Å². The first kappa shape index (κ1) is 24.7. The van der Waals surface area contributed by atoms with E-state index in [4.69, 9.17) is 9.72 Å². The standard InChI is InChI=1S/C26H29F2N5O2/c1-16(2)17(3)30-26-24(18-5-7-19(8-6-18)25(27)28)31-22(14-33(26)15-34)20-9-10-35-23(11-20)21-12-29-32(4)13-21/h5-8,12-15,20,23,25H,9-11H2,1-4H3. The van der Waals surface area contributed by atoms with Crippen LogP contribution in [0.25, 0.3) is 11.3 Å². The highest BCUT2D eigenvalue weighted by Crippen LogP contribution is 2.37. The van der Waals surface area contributed by atoms with Gasteiger partial charge in [-0.1, -0.05) is 29.8 Å². The fourth-order valence-electron chi connectivity index (χ4n) is 4.08. The van der Waals surface area contributed by atoms with E-state index in [2.05, 4.69) is 10.1 Å². The number of nitrogens with zero attached hydrogens (tertiary/aromatic N) is 5. The number of carbonyl (C=O) groups is 1. The Morgan fingerprint density at radius 3 is 2.54 bits per heavy atom. The molecule has 2 atom stereocenters. The summed E-state index contributed by atoms with van der Waals surface area (Å²) in [6, 6.07) is 5.96. The number of ether oxygens (including phenoxy) is 1. The molecular weight excluding hydrogens is 452 g/mol. The van der Waals surface area contributed by atoms with E-state index in [0.717, 1.165) is 28.9 Å². The van der Waals surface area contributed by atoms with E-state index < -0.39 is 6.43 Å². The lowest BCUT2D eigenvalue weighted by Crippen LogP contribution is -2.28. The van der Waals surface area contributed by atoms with Crippen LogP contribution in [0.15, 0.2) is 59.1 Å². The zero-order valence-corrected chi connectivity index (χ0v) is 20.3. The van der Waals surface area contributed by atoms with Crippen molar-refractivity contribution in [2.45, 2.75) is 52.1 Å². The van der Waals surface area contributed by atoms with Gasteiger partial charge >= 0.3 is 0 Å². The molecule has 7 nitrogen and oxygen atoms in total. The topological polar surface area (TPSA) is 74.3 Å². The van der Waals surface area contributed by atoms with Crippen LogP contribution < -0.4 is 5.49 Å². The first-order valence-electron chi connectivity index (χ1n) is 11.5. The van der Waals surface area contributed by atoms with Crippen molar-refractivity contribution in [3.05, 3.63) is 76.4 Å². The van der Waals surface area contributed by atoms with Crippen LogP contribution in [0.5, 0.6) is 0 Å². The van der Waals surface area contributed by atoms with Crippen molar-refractivity contribution in [2.75, 3.05) is 6.61 Å². The summed E-state index contributed by atoms with van der Waals surface area (Å²) < 4.78 is 35.4. The largest absolute Gasteiger partial charge is 0.373 e. The molecule has 3 aromatic rings. The number of hydrogen-bond donors (Lipinski definition) is 0. The van der Waals surface area contributed by atoms with Crippen LogP contribution in [-0.4, -0.2) is 32.3 Å². The number of hydrogen-bond acceptors (Lipinski definition) is 5. The number of aromatic nitrogens is 4. The van der Waals surface area contributed by atoms with Gasteiger partial charge < -0.3 is 4.74 Å². The number of carbonyl (C=O) groups excluding carboxylic acids is 1. The van der Waals surface area contributed by atoms with Gasteiger partial charge in [0.1, 0.15) is 5.69 Å². The van der Waals surface area contributed by atoms with E-state index in [1.54, 1.807) is 29.2 Å². The summed E-state index contributed by atoms with van der Waals surface area (Å²) in [7, 11) is 1.86. The number of benzene rings is 1. The second-order valence-electron chi connectivity index (χ2n) is 9.00. The molecule has 184 valence electrons. The van der Waals surface area contributed by atoms with E-state index in [9.17, 15) is 13.6 Å². The van der Waals surface area contributed by atoms with Gasteiger partial charge in [-0.2, -0.15) is 5.10 Å². The second kappa shape index (κ2) is 10.4. The summed E-state index contributed by atoms with van der Waals surface area (Å²) in [5.74, 6) is 0.0397. The molecule has 1 aliphatic heterocycles. The summed E-state index contributed by atoms with van der Waals surface area (Å²) >= 11 is 0. The Morgan fingerprint density at radius 1 is 1.20 bits per heavy atom. The molecule has 0 bridgehead atoms. The van der Waals surface area contributed by atoms with Crippen molar-refractivity contribution < 1.29 is 18.3 Å². The van der Waals surface area contributed by atoms with Crippen molar-refractivity contribution >= 4 is 6.41 Å². The summed E-state index contributed by atoms with van der Waals surface area (Å²) in [5.41, 5.74) is 4.85. The second-order valence-corrected chi connectivity index (χ2v) is 9.00. The van der Waals surface area contributed by atoms with E-state index in [-0.39, 0.29) is 17.6 Å². The molecule has 0 saturated carbocycles. The minimum atomic E-state index is -2.56. The van der Waals surface area contributed by atoms with Gasteiger partial charge in [-0.3, -0.25) is 14.0 Å². The van der Waals surface area contributed by atoms with Gasteiger partial charge in [0, 0.05) is 54.4 Å². The molecule has 2 unspecified atom stereocenters. The predicted molar refractivity (Wildman–Crippen MR) is 128 cm³/mol. The van der Waals surface area contributed by atoms with Crippen molar-refractivity contribution in [2.24, 2.45) is 12.0 Å². The highest BCUT2D eigenvalue weighted by Gasteiger charge is 2.28. The van der Waals surface area contributed by atoms with Crippen molar-refractivity contribution in [3.8, 4) is 11.3 Å². The van der Waals surface area contributed by atoms with Crippen LogP contribution in [-0.2, 0) is 16.6 Å². The third-order valence-electron chi connectivity index (χ3n) is 6.31. The molecule has 3 heterocycles. The van der Waals surface area contributed by atoms with Gasteiger partial charge in [-0.05, 0) is 33.6 Å². The molecule has 1 aromatic carbocycles. The molecule has 1 saturated heterocycles. The van der Waals surface area contributed by atoms with Gasteiger partial charge in [-0.25, -0.2) is 18.8 Å². The molecular formula is C26H29F2N5O2. The minimum absolute atomic E-state index is 0.0397. The maximum Gasteiger partial charge on any atom is 0.263 e. The number of rotatable bonds is 6. The first-order chi connectivity index (χ1) is 16.8. The van der Waals surface area contributed by atoms with E-state index >= 15 is 0 Å². The highest BCUT2D eigenvalue weighted by molar-refractivity contribution is 5.62. The van der Waals surface area contributed by atoms with Gasteiger partial charge in [-0.15, -0.1) is 0 Å². The van der Waals surface area contributed by atoms with Crippen LogP contribution >= 0.6 is 0 Å². The monoisotopic (exact) mass is 481 g/mol. The molecule has 0 radical (unpaired) electrons. The molecule has 0 aliphatic carbocycles. The summed E-state index contributed by atoms with van der Waals surface area (Å²) in [6.07, 6.45) is 4.90. The third kappa shape index (κ3) is 5.45. The van der Waals surface area contributed by atoms with Crippen LogP contribution in [0, 0.1) is 0 Å². The van der Waals surface area contributed by atoms with Crippen LogP contribution in [0.1, 0.15) is 68.9 Å².